The maximum Gasteiger partial charge on any atom is 0.255 e. The summed E-state index contributed by atoms with van der Waals surface area (Å²) >= 11 is 0. The van der Waals surface area contributed by atoms with E-state index in [1.54, 1.807) is 6.20 Å². The van der Waals surface area contributed by atoms with Gasteiger partial charge in [-0.15, -0.1) is 0 Å². The van der Waals surface area contributed by atoms with Crippen molar-refractivity contribution in [3.63, 3.8) is 0 Å². The van der Waals surface area contributed by atoms with Crippen LogP contribution in [0.4, 0.5) is 5.82 Å². The summed E-state index contributed by atoms with van der Waals surface area (Å²) in [5.41, 5.74) is 2.57. The molecular weight excluding hydrogens is 316 g/mol. The van der Waals surface area contributed by atoms with Gasteiger partial charge < -0.3 is 15.1 Å². The number of anilines is 1. The Balaban J connectivity index is 1.67. The van der Waals surface area contributed by atoms with Crippen molar-refractivity contribution in [2.24, 2.45) is 0 Å². The van der Waals surface area contributed by atoms with Gasteiger partial charge in [-0.25, -0.2) is 4.98 Å². The molecule has 2 aromatic heterocycles. The number of hydrogen-bond donors (Lipinski definition) is 2. The number of H-pyrrole nitrogens is 1. The molecule has 134 valence electrons. The third kappa shape index (κ3) is 4.17. The van der Waals surface area contributed by atoms with Crippen LogP contribution in [-0.4, -0.2) is 59.2 Å². The maximum atomic E-state index is 12.5. The summed E-state index contributed by atoms with van der Waals surface area (Å²) < 4.78 is 0. The fraction of sp³-hybridized carbons (Fsp3) is 0.500. The topological polar surface area (TPSA) is 77.1 Å². The van der Waals surface area contributed by atoms with Crippen LogP contribution in [0.3, 0.4) is 0 Å². The van der Waals surface area contributed by atoms with Crippen molar-refractivity contribution < 1.29 is 4.79 Å². The van der Waals surface area contributed by atoms with Crippen LogP contribution in [-0.2, 0) is 13.0 Å². The van der Waals surface area contributed by atoms with Crippen LogP contribution in [0.15, 0.2) is 24.5 Å². The van der Waals surface area contributed by atoms with E-state index in [4.69, 9.17) is 0 Å². The summed E-state index contributed by atoms with van der Waals surface area (Å²) in [5, 5.41) is 9.93. The lowest BCUT2D eigenvalue weighted by Crippen LogP contribution is -2.45. The SMILES string of the molecule is CCCc1[nH]ncc1C(=O)NCc1cccnc1N1CCN(C)CC1. The highest BCUT2D eigenvalue weighted by Crippen LogP contribution is 2.19. The minimum Gasteiger partial charge on any atom is -0.354 e. The van der Waals surface area contributed by atoms with Crippen LogP contribution < -0.4 is 10.2 Å². The van der Waals surface area contributed by atoms with Crippen molar-refractivity contribution in [3.8, 4) is 0 Å². The normalized spacial score (nSPS) is 15.4. The number of pyridine rings is 1. The van der Waals surface area contributed by atoms with Crippen LogP contribution in [0.1, 0.15) is 35.0 Å². The Bertz CT molecular complexity index is 705. The van der Waals surface area contributed by atoms with Gasteiger partial charge in [-0.2, -0.15) is 5.10 Å². The molecule has 1 amide bonds. The van der Waals surface area contributed by atoms with Crippen LogP contribution in [0, 0.1) is 0 Å². The molecule has 0 radical (unpaired) electrons. The smallest absolute Gasteiger partial charge is 0.255 e. The first-order chi connectivity index (χ1) is 12.2. The van der Waals surface area contributed by atoms with Crippen molar-refractivity contribution in [2.45, 2.75) is 26.3 Å². The number of hydrogen-bond acceptors (Lipinski definition) is 5. The van der Waals surface area contributed by atoms with Crippen LogP contribution in [0.2, 0.25) is 0 Å². The van der Waals surface area contributed by atoms with Crippen molar-refractivity contribution in [3.05, 3.63) is 41.3 Å². The molecule has 25 heavy (non-hydrogen) atoms. The van der Waals surface area contributed by atoms with Crippen LogP contribution in [0.25, 0.3) is 0 Å². The van der Waals surface area contributed by atoms with Crippen LogP contribution >= 0.6 is 0 Å². The third-order valence-electron chi connectivity index (χ3n) is 4.57. The Labute approximate surface area is 148 Å². The monoisotopic (exact) mass is 342 g/mol. The highest BCUT2D eigenvalue weighted by atomic mass is 16.1. The van der Waals surface area contributed by atoms with Gasteiger partial charge in [0.15, 0.2) is 0 Å². The first-order valence-corrected chi connectivity index (χ1v) is 8.87. The number of aromatic amines is 1. The molecule has 0 atom stereocenters. The molecule has 1 aliphatic rings. The summed E-state index contributed by atoms with van der Waals surface area (Å²) in [4.78, 5) is 21.7. The van der Waals surface area contributed by atoms with E-state index in [-0.39, 0.29) is 5.91 Å². The zero-order chi connectivity index (χ0) is 17.6. The highest BCUT2D eigenvalue weighted by Gasteiger charge is 2.19. The molecule has 7 nitrogen and oxygen atoms in total. The van der Waals surface area contributed by atoms with Gasteiger partial charge in [0, 0.05) is 50.2 Å². The lowest BCUT2D eigenvalue weighted by Gasteiger charge is -2.34. The number of aromatic nitrogens is 3. The fourth-order valence-electron chi connectivity index (χ4n) is 3.09. The first kappa shape index (κ1) is 17.4. The number of nitrogens with zero attached hydrogens (tertiary/aromatic N) is 4. The van der Waals surface area contributed by atoms with E-state index in [0.717, 1.165) is 56.1 Å². The summed E-state index contributed by atoms with van der Waals surface area (Å²) in [6.45, 7) is 6.51. The number of rotatable bonds is 6. The number of carbonyl (C=O) groups is 1. The van der Waals surface area contributed by atoms with E-state index in [1.165, 1.54) is 0 Å². The second kappa shape index (κ2) is 8.11. The van der Waals surface area contributed by atoms with E-state index in [1.807, 2.05) is 18.3 Å². The molecule has 0 aromatic carbocycles. The molecule has 0 unspecified atom stereocenters. The van der Waals surface area contributed by atoms with E-state index in [2.05, 4.69) is 44.3 Å². The predicted octanol–water partition coefficient (Wildman–Crippen LogP) is 1.44. The largest absolute Gasteiger partial charge is 0.354 e. The standard InChI is InChI=1S/C18H26N6O/c1-3-5-16-15(13-21-22-16)18(25)20-12-14-6-4-7-19-17(14)24-10-8-23(2)9-11-24/h4,6-7,13H,3,5,8-12H2,1-2H3,(H,20,25)(H,21,22). The van der Waals surface area contributed by atoms with Gasteiger partial charge in [0.2, 0.25) is 0 Å². The van der Waals surface area contributed by atoms with E-state index >= 15 is 0 Å². The molecule has 1 fully saturated rings. The van der Waals surface area contributed by atoms with Crippen molar-refractivity contribution in [2.75, 3.05) is 38.1 Å². The summed E-state index contributed by atoms with van der Waals surface area (Å²) in [6.07, 6.45) is 5.21. The third-order valence-corrected chi connectivity index (χ3v) is 4.57. The van der Waals surface area contributed by atoms with E-state index in [0.29, 0.717) is 12.1 Å². The molecule has 0 bridgehead atoms. The summed E-state index contributed by atoms with van der Waals surface area (Å²) in [6, 6.07) is 3.95. The van der Waals surface area contributed by atoms with Gasteiger partial charge in [0.25, 0.3) is 5.91 Å². The number of likely N-dealkylation sites (N-methyl/N-ethyl adjacent to an activating group) is 1. The molecule has 2 aromatic rings. The van der Waals surface area contributed by atoms with Gasteiger partial charge in [0.1, 0.15) is 5.82 Å². The average Bonchev–Trinajstić information content (AvgIpc) is 3.09. The molecule has 2 N–H and O–H groups in total. The molecule has 0 spiro atoms. The Kier molecular flexibility index (Phi) is 5.65. The zero-order valence-electron chi connectivity index (χ0n) is 15.0. The average molecular weight is 342 g/mol. The van der Waals surface area contributed by atoms with Gasteiger partial charge in [-0.3, -0.25) is 9.89 Å². The van der Waals surface area contributed by atoms with Gasteiger partial charge in [-0.05, 0) is 19.5 Å². The van der Waals surface area contributed by atoms with Crippen LogP contribution in [0.5, 0.6) is 0 Å². The Morgan fingerprint density at radius 1 is 1.32 bits per heavy atom. The molecular formula is C18H26N6O. The fourth-order valence-corrected chi connectivity index (χ4v) is 3.09. The lowest BCUT2D eigenvalue weighted by molar-refractivity contribution is 0.0950. The quantitative estimate of drug-likeness (QED) is 0.831. The molecule has 1 aliphatic heterocycles. The molecule has 7 heteroatoms. The van der Waals surface area contributed by atoms with Gasteiger partial charge in [0.05, 0.1) is 11.8 Å². The number of carbonyl (C=O) groups excluding carboxylic acids is 1. The van der Waals surface area contributed by atoms with E-state index < -0.39 is 0 Å². The molecule has 0 aliphatic carbocycles. The van der Waals surface area contributed by atoms with E-state index in [9.17, 15) is 4.79 Å². The summed E-state index contributed by atoms with van der Waals surface area (Å²) in [7, 11) is 2.13. The molecule has 1 saturated heterocycles. The Morgan fingerprint density at radius 3 is 2.88 bits per heavy atom. The number of amides is 1. The minimum atomic E-state index is -0.0922. The van der Waals surface area contributed by atoms with Crippen molar-refractivity contribution in [1.29, 1.82) is 0 Å². The number of nitrogens with one attached hydrogen (secondary N) is 2. The van der Waals surface area contributed by atoms with Crippen molar-refractivity contribution >= 4 is 11.7 Å². The number of piperazine rings is 1. The minimum absolute atomic E-state index is 0.0922. The Morgan fingerprint density at radius 2 is 2.12 bits per heavy atom. The lowest BCUT2D eigenvalue weighted by atomic mass is 10.1. The molecule has 3 rings (SSSR count). The molecule has 3 heterocycles. The second-order valence-electron chi connectivity index (χ2n) is 6.47. The highest BCUT2D eigenvalue weighted by molar-refractivity contribution is 5.95. The van der Waals surface area contributed by atoms with Gasteiger partial charge >= 0.3 is 0 Å². The second-order valence-corrected chi connectivity index (χ2v) is 6.47. The molecule has 0 saturated carbocycles. The Hall–Kier alpha value is -2.41. The van der Waals surface area contributed by atoms with Crippen molar-refractivity contribution in [1.82, 2.24) is 25.4 Å². The number of aryl methyl sites for hydroxylation is 1. The zero-order valence-corrected chi connectivity index (χ0v) is 15.0. The predicted molar refractivity (Wildman–Crippen MR) is 97.7 cm³/mol. The van der Waals surface area contributed by atoms with Gasteiger partial charge in [-0.1, -0.05) is 19.4 Å². The first-order valence-electron chi connectivity index (χ1n) is 8.87. The summed E-state index contributed by atoms with van der Waals surface area (Å²) in [5.74, 6) is 0.877. The maximum absolute atomic E-state index is 12.5.